The maximum atomic E-state index is 5.68. The summed E-state index contributed by atoms with van der Waals surface area (Å²) in [5, 5.41) is 0. The minimum absolute atomic E-state index is 0. The van der Waals surface area contributed by atoms with Crippen LogP contribution in [0.15, 0.2) is 0 Å². The van der Waals surface area contributed by atoms with E-state index in [0.29, 0.717) is 4.99 Å². The van der Waals surface area contributed by atoms with Crippen LogP contribution in [0.25, 0.3) is 0 Å². The summed E-state index contributed by atoms with van der Waals surface area (Å²) >= 11 is 4.73. The first-order chi connectivity index (χ1) is 3.65. The fourth-order valence-corrected chi connectivity index (χ4v) is 1.01. The SMILES string of the molecule is Cl.NC(=S)C1(N)CCC1. The predicted octanol–water partition coefficient (Wildman–Crippen LogP) is 0.576. The van der Waals surface area contributed by atoms with Crippen LogP contribution in [0.3, 0.4) is 0 Å². The van der Waals surface area contributed by atoms with Crippen molar-refractivity contribution in [1.29, 1.82) is 0 Å². The van der Waals surface area contributed by atoms with Crippen molar-refractivity contribution in [3.8, 4) is 0 Å². The molecule has 1 rings (SSSR count). The molecular formula is C5H11ClN2S. The minimum atomic E-state index is -0.269. The van der Waals surface area contributed by atoms with Crippen molar-refractivity contribution >= 4 is 29.6 Å². The molecule has 0 aromatic heterocycles. The number of hydrogen-bond donors (Lipinski definition) is 2. The van der Waals surface area contributed by atoms with E-state index in [1.54, 1.807) is 0 Å². The molecule has 0 aliphatic heterocycles. The molecule has 1 aliphatic rings. The van der Waals surface area contributed by atoms with Gasteiger partial charge in [-0.05, 0) is 19.3 Å². The van der Waals surface area contributed by atoms with Gasteiger partial charge in [0.05, 0.1) is 10.5 Å². The summed E-state index contributed by atoms with van der Waals surface area (Å²) in [6, 6.07) is 0. The Labute approximate surface area is 66.4 Å². The molecule has 1 saturated carbocycles. The third-order valence-corrected chi connectivity index (χ3v) is 2.14. The standard InChI is InChI=1S/C5H10N2S.ClH/c6-4(8)5(7)2-1-3-5;/h1-3,7H2,(H2,6,8);1H. The van der Waals surface area contributed by atoms with E-state index in [1.165, 1.54) is 6.42 Å². The normalized spacial score (nSPS) is 21.4. The van der Waals surface area contributed by atoms with Crippen molar-refractivity contribution in [1.82, 2.24) is 0 Å². The molecular weight excluding hydrogens is 156 g/mol. The second-order valence-corrected chi connectivity index (χ2v) is 2.81. The van der Waals surface area contributed by atoms with Crippen LogP contribution in [0.4, 0.5) is 0 Å². The van der Waals surface area contributed by atoms with E-state index in [9.17, 15) is 0 Å². The van der Waals surface area contributed by atoms with Crippen molar-refractivity contribution in [2.75, 3.05) is 0 Å². The first-order valence-corrected chi connectivity index (χ1v) is 3.15. The molecule has 0 atom stereocenters. The van der Waals surface area contributed by atoms with E-state index in [-0.39, 0.29) is 17.9 Å². The molecule has 0 aromatic rings. The first kappa shape index (κ1) is 9.14. The monoisotopic (exact) mass is 166 g/mol. The zero-order valence-corrected chi connectivity index (χ0v) is 6.73. The highest BCUT2D eigenvalue weighted by Crippen LogP contribution is 2.28. The van der Waals surface area contributed by atoms with E-state index in [1.807, 2.05) is 0 Å². The number of thiocarbonyl (C=S) groups is 1. The summed E-state index contributed by atoms with van der Waals surface area (Å²) in [5.74, 6) is 0. The van der Waals surface area contributed by atoms with Crippen LogP contribution in [-0.2, 0) is 0 Å². The Hall–Kier alpha value is 0.140. The lowest BCUT2D eigenvalue weighted by Gasteiger charge is -2.36. The van der Waals surface area contributed by atoms with E-state index < -0.39 is 0 Å². The lowest BCUT2D eigenvalue weighted by Crippen LogP contribution is -2.55. The van der Waals surface area contributed by atoms with E-state index in [4.69, 9.17) is 23.7 Å². The molecule has 4 heteroatoms. The van der Waals surface area contributed by atoms with Crippen LogP contribution < -0.4 is 11.5 Å². The van der Waals surface area contributed by atoms with Gasteiger partial charge < -0.3 is 11.5 Å². The fraction of sp³-hybridized carbons (Fsp3) is 0.800. The highest BCUT2D eigenvalue weighted by Gasteiger charge is 2.35. The van der Waals surface area contributed by atoms with Gasteiger partial charge in [0.2, 0.25) is 0 Å². The average Bonchev–Trinajstić information content (AvgIpc) is 1.60. The van der Waals surface area contributed by atoms with E-state index >= 15 is 0 Å². The summed E-state index contributed by atoms with van der Waals surface area (Å²) in [4.78, 5) is 0.476. The summed E-state index contributed by atoms with van der Waals surface area (Å²) in [6.07, 6.45) is 3.12. The fourth-order valence-electron chi connectivity index (χ4n) is 0.804. The van der Waals surface area contributed by atoms with E-state index in [0.717, 1.165) is 12.8 Å². The smallest absolute Gasteiger partial charge is 0.0929 e. The number of nitrogens with two attached hydrogens (primary N) is 2. The Morgan fingerprint density at radius 2 is 1.89 bits per heavy atom. The second-order valence-electron chi connectivity index (χ2n) is 2.37. The molecule has 9 heavy (non-hydrogen) atoms. The molecule has 0 heterocycles. The minimum Gasteiger partial charge on any atom is -0.392 e. The van der Waals surface area contributed by atoms with Gasteiger partial charge in [-0.3, -0.25) is 0 Å². The van der Waals surface area contributed by atoms with Crippen LogP contribution in [0, 0.1) is 0 Å². The lowest BCUT2D eigenvalue weighted by molar-refractivity contribution is 0.345. The van der Waals surface area contributed by atoms with Crippen molar-refractivity contribution < 1.29 is 0 Å². The van der Waals surface area contributed by atoms with Crippen molar-refractivity contribution in [2.24, 2.45) is 11.5 Å². The third kappa shape index (κ3) is 1.53. The zero-order valence-electron chi connectivity index (χ0n) is 5.09. The van der Waals surface area contributed by atoms with Gasteiger partial charge in [-0.2, -0.15) is 0 Å². The molecule has 54 valence electrons. The van der Waals surface area contributed by atoms with Crippen LogP contribution >= 0.6 is 24.6 Å². The van der Waals surface area contributed by atoms with Crippen molar-refractivity contribution in [3.05, 3.63) is 0 Å². The predicted molar refractivity (Wildman–Crippen MR) is 44.8 cm³/mol. The summed E-state index contributed by atoms with van der Waals surface area (Å²) < 4.78 is 0. The molecule has 2 nitrogen and oxygen atoms in total. The van der Waals surface area contributed by atoms with Gasteiger partial charge in [0, 0.05) is 0 Å². The Morgan fingerprint density at radius 1 is 1.44 bits per heavy atom. The molecule has 4 N–H and O–H groups in total. The van der Waals surface area contributed by atoms with Gasteiger partial charge in [0.15, 0.2) is 0 Å². The summed E-state index contributed by atoms with van der Waals surface area (Å²) in [5.41, 5.74) is 10.7. The number of halogens is 1. The number of hydrogen-bond acceptors (Lipinski definition) is 2. The van der Waals surface area contributed by atoms with Gasteiger partial charge in [0.1, 0.15) is 0 Å². The molecule has 0 saturated heterocycles. The lowest BCUT2D eigenvalue weighted by atomic mass is 9.78. The molecule has 0 aromatic carbocycles. The van der Waals surface area contributed by atoms with Gasteiger partial charge in [-0.25, -0.2) is 0 Å². The van der Waals surface area contributed by atoms with Gasteiger partial charge >= 0.3 is 0 Å². The maximum Gasteiger partial charge on any atom is 0.0929 e. The molecule has 1 fully saturated rings. The Morgan fingerprint density at radius 3 is 1.89 bits per heavy atom. The molecule has 0 unspecified atom stereocenters. The van der Waals surface area contributed by atoms with Crippen LogP contribution in [-0.4, -0.2) is 10.5 Å². The highest BCUT2D eigenvalue weighted by atomic mass is 35.5. The van der Waals surface area contributed by atoms with E-state index in [2.05, 4.69) is 0 Å². The van der Waals surface area contributed by atoms with Crippen LogP contribution in [0.2, 0.25) is 0 Å². The Balaban J connectivity index is 0.000000640. The molecule has 1 aliphatic carbocycles. The zero-order chi connectivity index (χ0) is 6.20. The van der Waals surface area contributed by atoms with Crippen molar-refractivity contribution in [2.45, 2.75) is 24.8 Å². The summed E-state index contributed by atoms with van der Waals surface area (Å²) in [7, 11) is 0. The molecule has 0 amide bonds. The van der Waals surface area contributed by atoms with Crippen LogP contribution in [0.1, 0.15) is 19.3 Å². The maximum absolute atomic E-state index is 5.68. The summed E-state index contributed by atoms with van der Waals surface area (Å²) in [6.45, 7) is 0. The van der Waals surface area contributed by atoms with Crippen molar-refractivity contribution in [3.63, 3.8) is 0 Å². The largest absolute Gasteiger partial charge is 0.392 e. The topological polar surface area (TPSA) is 52.0 Å². The Kier molecular flexibility index (Phi) is 2.86. The second kappa shape index (κ2) is 2.82. The first-order valence-electron chi connectivity index (χ1n) is 2.74. The number of rotatable bonds is 1. The molecule has 0 spiro atoms. The van der Waals surface area contributed by atoms with Crippen LogP contribution in [0.5, 0.6) is 0 Å². The quantitative estimate of drug-likeness (QED) is 0.561. The Bertz CT molecular complexity index is 122. The highest BCUT2D eigenvalue weighted by molar-refractivity contribution is 7.80. The van der Waals surface area contributed by atoms with Gasteiger partial charge in [0.25, 0.3) is 0 Å². The molecule has 0 bridgehead atoms. The third-order valence-electron chi connectivity index (χ3n) is 1.74. The molecule has 0 radical (unpaired) electrons. The average molecular weight is 167 g/mol. The van der Waals surface area contributed by atoms with Gasteiger partial charge in [-0.15, -0.1) is 12.4 Å². The van der Waals surface area contributed by atoms with Gasteiger partial charge in [-0.1, -0.05) is 12.2 Å².